The summed E-state index contributed by atoms with van der Waals surface area (Å²) in [5.74, 6) is -0.282. The fourth-order valence-corrected chi connectivity index (χ4v) is 3.14. The third-order valence-corrected chi connectivity index (χ3v) is 4.15. The molecular formula is C13H8BrClIN3O2. The number of benzene rings is 1. The Hall–Kier alpha value is -1.19. The Bertz CT molecular complexity index is 701. The standard InChI is InChI=1S/C13H8BrClIN3O2/c14-9-4-7(5-10(16)11(9)20)6-18-19-13(21)8-2-1-3-17-12(8)15/h1-6,20H,(H,19,21). The lowest BCUT2D eigenvalue weighted by Gasteiger charge is -2.03. The highest BCUT2D eigenvalue weighted by Crippen LogP contribution is 2.29. The number of phenols is 1. The van der Waals surface area contributed by atoms with Gasteiger partial charge < -0.3 is 5.11 Å². The van der Waals surface area contributed by atoms with Crippen molar-refractivity contribution in [2.75, 3.05) is 0 Å². The Kier molecular flexibility index (Phi) is 5.54. The predicted octanol–water partition coefficient (Wildman–Crippen LogP) is 3.57. The maximum atomic E-state index is 11.8. The molecule has 1 heterocycles. The predicted molar refractivity (Wildman–Crippen MR) is 92.8 cm³/mol. The number of amides is 1. The van der Waals surface area contributed by atoms with E-state index in [1.807, 2.05) is 22.6 Å². The summed E-state index contributed by atoms with van der Waals surface area (Å²) in [7, 11) is 0. The summed E-state index contributed by atoms with van der Waals surface area (Å²) in [5, 5.41) is 13.6. The van der Waals surface area contributed by atoms with Gasteiger partial charge in [-0.1, -0.05) is 11.6 Å². The van der Waals surface area contributed by atoms with E-state index < -0.39 is 5.91 Å². The van der Waals surface area contributed by atoms with Gasteiger partial charge in [-0.25, -0.2) is 10.4 Å². The van der Waals surface area contributed by atoms with Gasteiger partial charge in [0.2, 0.25) is 0 Å². The molecule has 0 spiro atoms. The normalized spacial score (nSPS) is 10.8. The highest BCUT2D eigenvalue weighted by molar-refractivity contribution is 14.1. The van der Waals surface area contributed by atoms with Crippen molar-refractivity contribution < 1.29 is 9.90 Å². The van der Waals surface area contributed by atoms with E-state index in [9.17, 15) is 9.90 Å². The number of pyridine rings is 1. The van der Waals surface area contributed by atoms with Gasteiger partial charge in [0.15, 0.2) is 0 Å². The summed E-state index contributed by atoms with van der Waals surface area (Å²) in [6.45, 7) is 0. The van der Waals surface area contributed by atoms with Gasteiger partial charge in [-0.05, 0) is 68.3 Å². The molecule has 5 nitrogen and oxygen atoms in total. The van der Waals surface area contributed by atoms with E-state index in [-0.39, 0.29) is 16.5 Å². The molecule has 2 aromatic rings. The Labute approximate surface area is 147 Å². The van der Waals surface area contributed by atoms with Crippen LogP contribution in [0.15, 0.2) is 40.0 Å². The first-order chi connectivity index (χ1) is 9.99. The quantitative estimate of drug-likeness (QED) is 0.305. The van der Waals surface area contributed by atoms with E-state index in [1.165, 1.54) is 12.4 Å². The van der Waals surface area contributed by atoms with E-state index in [0.717, 1.165) is 5.56 Å². The number of halogens is 3. The summed E-state index contributed by atoms with van der Waals surface area (Å²) in [6, 6.07) is 6.59. The Morgan fingerprint density at radius 2 is 2.29 bits per heavy atom. The number of aromatic hydroxyl groups is 1. The zero-order valence-corrected chi connectivity index (χ0v) is 14.8. The summed E-state index contributed by atoms with van der Waals surface area (Å²) in [4.78, 5) is 15.7. The molecule has 1 aromatic carbocycles. The van der Waals surface area contributed by atoms with Crippen LogP contribution in [0.4, 0.5) is 0 Å². The van der Waals surface area contributed by atoms with Crippen LogP contribution in [0.25, 0.3) is 0 Å². The molecule has 21 heavy (non-hydrogen) atoms. The lowest BCUT2D eigenvalue weighted by molar-refractivity contribution is 0.0955. The Morgan fingerprint density at radius 3 is 2.95 bits per heavy atom. The van der Waals surface area contributed by atoms with Crippen LogP contribution >= 0.6 is 50.1 Å². The first-order valence-electron chi connectivity index (χ1n) is 5.61. The molecule has 0 saturated heterocycles. The van der Waals surface area contributed by atoms with E-state index >= 15 is 0 Å². The van der Waals surface area contributed by atoms with Crippen LogP contribution in [0, 0.1) is 3.57 Å². The molecule has 0 aliphatic carbocycles. The summed E-state index contributed by atoms with van der Waals surface area (Å²) in [5.41, 5.74) is 3.34. The first kappa shape index (κ1) is 16.2. The van der Waals surface area contributed by atoms with Crippen molar-refractivity contribution in [3.63, 3.8) is 0 Å². The number of hydrogen-bond donors (Lipinski definition) is 2. The van der Waals surface area contributed by atoms with Crippen molar-refractivity contribution >= 4 is 62.2 Å². The number of rotatable bonds is 3. The summed E-state index contributed by atoms with van der Waals surface area (Å²) < 4.78 is 1.22. The average Bonchev–Trinajstić information content (AvgIpc) is 2.45. The van der Waals surface area contributed by atoms with Gasteiger partial charge >= 0.3 is 0 Å². The van der Waals surface area contributed by atoms with Crippen LogP contribution in [-0.2, 0) is 0 Å². The topological polar surface area (TPSA) is 74.6 Å². The first-order valence-corrected chi connectivity index (χ1v) is 7.86. The minimum Gasteiger partial charge on any atom is -0.506 e. The fourth-order valence-electron chi connectivity index (χ4n) is 1.44. The molecule has 2 rings (SSSR count). The van der Waals surface area contributed by atoms with Crippen LogP contribution in [0.3, 0.4) is 0 Å². The second-order valence-corrected chi connectivity index (χ2v) is 6.25. The van der Waals surface area contributed by atoms with Crippen molar-refractivity contribution in [1.29, 1.82) is 0 Å². The molecule has 0 fully saturated rings. The van der Waals surface area contributed by atoms with Crippen LogP contribution in [0.5, 0.6) is 5.75 Å². The van der Waals surface area contributed by atoms with Crippen molar-refractivity contribution in [1.82, 2.24) is 10.4 Å². The van der Waals surface area contributed by atoms with E-state index in [2.05, 4.69) is 31.4 Å². The van der Waals surface area contributed by atoms with Gasteiger partial charge in [-0.2, -0.15) is 5.10 Å². The van der Waals surface area contributed by atoms with Crippen molar-refractivity contribution in [2.45, 2.75) is 0 Å². The molecule has 0 aliphatic heterocycles. The van der Waals surface area contributed by atoms with Crippen molar-refractivity contribution in [3.05, 3.63) is 54.8 Å². The number of carbonyl (C=O) groups is 1. The number of aromatic nitrogens is 1. The van der Waals surface area contributed by atoms with Gasteiger partial charge in [0.1, 0.15) is 10.9 Å². The van der Waals surface area contributed by atoms with Crippen LogP contribution in [0.2, 0.25) is 5.15 Å². The fraction of sp³-hybridized carbons (Fsp3) is 0. The zero-order chi connectivity index (χ0) is 15.4. The van der Waals surface area contributed by atoms with Gasteiger partial charge in [-0.15, -0.1) is 0 Å². The molecule has 0 atom stereocenters. The maximum Gasteiger partial charge on any atom is 0.274 e. The van der Waals surface area contributed by atoms with Crippen molar-refractivity contribution in [2.24, 2.45) is 5.10 Å². The molecule has 1 amide bonds. The van der Waals surface area contributed by atoms with E-state index in [0.29, 0.717) is 8.04 Å². The highest BCUT2D eigenvalue weighted by atomic mass is 127. The van der Waals surface area contributed by atoms with E-state index in [4.69, 9.17) is 11.6 Å². The molecule has 0 unspecified atom stereocenters. The van der Waals surface area contributed by atoms with Crippen LogP contribution in [0.1, 0.15) is 15.9 Å². The lowest BCUT2D eigenvalue weighted by Crippen LogP contribution is -2.18. The number of carbonyl (C=O) groups excluding carboxylic acids is 1. The highest BCUT2D eigenvalue weighted by Gasteiger charge is 2.09. The molecular weight excluding hydrogens is 472 g/mol. The molecule has 0 radical (unpaired) electrons. The minimum atomic E-state index is -0.447. The Balaban J connectivity index is 2.10. The second-order valence-electron chi connectivity index (χ2n) is 3.87. The summed E-state index contributed by atoms with van der Waals surface area (Å²) >= 11 is 11.0. The largest absolute Gasteiger partial charge is 0.506 e. The van der Waals surface area contributed by atoms with Gasteiger partial charge in [0.25, 0.3) is 5.91 Å². The minimum absolute atomic E-state index is 0.118. The number of hydrogen-bond acceptors (Lipinski definition) is 4. The number of hydrazone groups is 1. The molecule has 0 aliphatic rings. The van der Waals surface area contributed by atoms with Gasteiger partial charge in [-0.3, -0.25) is 4.79 Å². The molecule has 2 N–H and O–H groups in total. The monoisotopic (exact) mass is 479 g/mol. The third kappa shape index (κ3) is 4.14. The zero-order valence-electron chi connectivity index (χ0n) is 10.3. The Morgan fingerprint density at radius 1 is 1.52 bits per heavy atom. The molecule has 0 bridgehead atoms. The maximum absolute atomic E-state index is 11.8. The smallest absolute Gasteiger partial charge is 0.274 e. The summed E-state index contributed by atoms with van der Waals surface area (Å²) in [6.07, 6.45) is 2.97. The number of nitrogens with zero attached hydrogens (tertiary/aromatic N) is 2. The molecule has 8 heteroatoms. The second kappa shape index (κ2) is 7.19. The van der Waals surface area contributed by atoms with Crippen LogP contribution in [-0.4, -0.2) is 22.2 Å². The van der Waals surface area contributed by atoms with Crippen LogP contribution < -0.4 is 5.43 Å². The average molecular weight is 480 g/mol. The van der Waals surface area contributed by atoms with Crippen molar-refractivity contribution in [3.8, 4) is 5.75 Å². The van der Waals surface area contributed by atoms with Gasteiger partial charge in [0.05, 0.1) is 19.8 Å². The molecule has 1 aromatic heterocycles. The number of phenolic OH excluding ortho intramolecular Hbond substituents is 1. The molecule has 108 valence electrons. The third-order valence-electron chi connectivity index (χ3n) is 2.42. The SMILES string of the molecule is O=C(NN=Cc1cc(Br)c(O)c(I)c1)c1cccnc1Cl. The lowest BCUT2D eigenvalue weighted by atomic mass is 10.2. The van der Waals surface area contributed by atoms with E-state index in [1.54, 1.807) is 24.3 Å². The molecule has 0 saturated carbocycles. The number of nitrogens with one attached hydrogen (secondary N) is 1. The van der Waals surface area contributed by atoms with Gasteiger partial charge in [0, 0.05) is 6.20 Å².